The molecule has 0 radical (unpaired) electrons. The fourth-order valence-electron chi connectivity index (χ4n) is 1.51. The van der Waals surface area contributed by atoms with Crippen LogP contribution < -0.4 is 10.6 Å². The molecule has 0 heterocycles. The number of carbonyl (C=O) groups excluding carboxylic acids is 2. The lowest BCUT2D eigenvalue weighted by Crippen LogP contribution is -2.39. The highest BCUT2D eigenvalue weighted by Crippen LogP contribution is 2.16. The number of amides is 2. The van der Waals surface area contributed by atoms with E-state index < -0.39 is 35.2 Å². The lowest BCUT2D eigenvalue weighted by atomic mass is 10.2. The van der Waals surface area contributed by atoms with Crippen molar-refractivity contribution in [1.29, 1.82) is 0 Å². The summed E-state index contributed by atoms with van der Waals surface area (Å²) in [4.78, 5) is 22.9. The second kappa shape index (κ2) is 7.54. The smallest absolute Gasteiger partial charge is 0.313 e. The minimum atomic E-state index is -1.24. The van der Waals surface area contributed by atoms with E-state index in [4.69, 9.17) is 0 Å². The molecule has 0 aliphatic rings. The van der Waals surface area contributed by atoms with Crippen molar-refractivity contribution in [3.05, 3.63) is 29.8 Å². The summed E-state index contributed by atoms with van der Waals surface area (Å²) in [6.07, 6.45) is 0.473. The Morgan fingerprint density at radius 3 is 2.65 bits per heavy atom. The van der Waals surface area contributed by atoms with Crippen LogP contribution in [-0.4, -0.2) is 29.6 Å². The highest BCUT2D eigenvalue weighted by molar-refractivity contribution is 6.39. The van der Waals surface area contributed by atoms with Crippen LogP contribution in [0.5, 0.6) is 0 Å². The molecule has 0 spiro atoms. The van der Waals surface area contributed by atoms with E-state index >= 15 is 0 Å². The standard InChI is InChI=1S/C13H16F2N2O3/c1-2-4-8(18)7-16-12(19)13(20)17-10-6-3-5-9(14)11(10)15/h3,5-6,8,18H,2,4,7H2,1H3,(H,16,19)(H,17,20). The van der Waals surface area contributed by atoms with Crippen LogP contribution in [0.2, 0.25) is 0 Å². The largest absolute Gasteiger partial charge is 0.391 e. The summed E-state index contributed by atoms with van der Waals surface area (Å²) < 4.78 is 26.2. The number of carbonyl (C=O) groups is 2. The summed E-state index contributed by atoms with van der Waals surface area (Å²) in [6.45, 7) is 1.79. The minimum absolute atomic E-state index is 0.0777. The molecule has 1 rings (SSSR count). The molecule has 0 aromatic heterocycles. The van der Waals surface area contributed by atoms with Gasteiger partial charge in [-0.05, 0) is 18.6 Å². The van der Waals surface area contributed by atoms with E-state index in [1.807, 2.05) is 12.2 Å². The Kier molecular flexibility index (Phi) is 6.05. The van der Waals surface area contributed by atoms with E-state index in [0.29, 0.717) is 6.42 Å². The van der Waals surface area contributed by atoms with Gasteiger partial charge in [0.1, 0.15) is 0 Å². The molecular formula is C13H16F2N2O3. The Morgan fingerprint density at radius 1 is 1.30 bits per heavy atom. The van der Waals surface area contributed by atoms with Gasteiger partial charge in [0.05, 0.1) is 11.8 Å². The van der Waals surface area contributed by atoms with Gasteiger partial charge in [-0.2, -0.15) is 0 Å². The molecular weight excluding hydrogens is 270 g/mol. The zero-order chi connectivity index (χ0) is 15.1. The van der Waals surface area contributed by atoms with E-state index in [0.717, 1.165) is 18.6 Å². The topological polar surface area (TPSA) is 78.4 Å². The van der Waals surface area contributed by atoms with Crippen molar-refractivity contribution in [2.75, 3.05) is 11.9 Å². The van der Waals surface area contributed by atoms with Crippen molar-refractivity contribution < 1.29 is 23.5 Å². The Hall–Kier alpha value is -2.02. The average molecular weight is 286 g/mol. The van der Waals surface area contributed by atoms with Gasteiger partial charge in [-0.3, -0.25) is 9.59 Å². The molecule has 0 saturated heterocycles. The van der Waals surface area contributed by atoms with Gasteiger partial charge in [0, 0.05) is 6.54 Å². The highest BCUT2D eigenvalue weighted by atomic mass is 19.2. The summed E-state index contributed by atoms with van der Waals surface area (Å²) in [7, 11) is 0. The molecule has 0 fully saturated rings. The third kappa shape index (κ3) is 4.58. The van der Waals surface area contributed by atoms with Gasteiger partial charge < -0.3 is 15.7 Å². The quantitative estimate of drug-likeness (QED) is 0.711. The molecule has 0 aliphatic carbocycles. The van der Waals surface area contributed by atoms with Crippen molar-refractivity contribution in [2.45, 2.75) is 25.9 Å². The summed E-state index contributed by atoms with van der Waals surface area (Å²) in [5, 5.41) is 13.6. The predicted molar refractivity (Wildman–Crippen MR) is 68.9 cm³/mol. The van der Waals surface area contributed by atoms with Crippen LogP contribution in [0.4, 0.5) is 14.5 Å². The lowest BCUT2D eigenvalue weighted by molar-refractivity contribution is -0.136. The molecule has 0 saturated carbocycles. The molecule has 1 aromatic rings. The molecule has 0 bridgehead atoms. The zero-order valence-electron chi connectivity index (χ0n) is 11.0. The number of nitrogens with one attached hydrogen (secondary N) is 2. The average Bonchev–Trinajstić information content (AvgIpc) is 2.41. The number of anilines is 1. The van der Waals surface area contributed by atoms with Crippen LogP contribution >= 0.6 is 0 Å². The Labute approximate surface area is 115 Å². The van der Waals surface area contributed by atoms with E-state index in [1.54, 1.807) is 0 Å². The van der Waals surface area contributed by atoms with Crippen LogP contribution in [0.3, 0.4) is 0 Å². The molecule has 1 unspecified atom stereocenters. The zero-order valence-corrected chi connectivity index (χ0v) is 11.0. The predicted octanol–water partition coefficient (Wildman–Crippen LogP) is 1.18. The van der Waals surface area contributed by atoms with Gasteiger partial charge in [0.15, 0.2) is 11.6 Å². The molecule has 7 heteroatoms. The molecule has 2 amide bonds. The Morgan fingerprint density at radius 2 is 2.00 bits per heavy atom. The highest BCUT2D eigenvalue weighted by Gasteiger charge is 2.17. The second-order valence-corrected chi connectivity index (χ2v) is 4.21. The van der Waals surface area contributed by atoms with Gasteiger partial charge in [0.25, 0.3) is 0 Å². The van der Waals surface area contributed by atoms with Crippen molar-refractivity contribution in [1.82, 2.24) is 5.32 Å². The normalized spacial score (nSPS) is 11.8. The minimum Gasteiger partial charge on any atom is -0.391 e. The number of hydrogen-bond donors (Lipinski definition) is 3. The first-order valence-corrected chi connectivity index (χ1v) is 6.17. The maximum absolute atomic E-state index is 13.3. The van der Waals surface area contributed by atoms with Gasteiger partial charge >= 0.3 is 11.8 Å². The molecule has 5 nitrogen and oxygen atoms in total. The van der Waals surface area contributed by atoms with Crippen LogP contribution in [-0.2, 0) is 9.59 Å². The van der Waals surface area contributed by atoms with Crippen molar-refractivity contribution in [3.63, 3.8) is 0 Å². The van der Waals surface area contributed by atoms with Crippen molar-refractivity contribution in [2.24, 2.45) is 0 Å². The summed E-state index contributed by atoms with van der Waals surface area (Å²) in [6, 6.07) is 3.23. The maximum Gasteiger partial charge on any atom is 0.313 e. The van der Waals surface area contributed by atoms with Gasteiger partial charge in [0.2, 0.25) is 0 Å². The molecule has 3 N–H and O–H groups in total. The third-order valence-electron chi connectivity index (χ3n) is 2.53. The van der Waals surface area contributed by atoms with Gasteiger partial charge in [-0.1, -0.05) is 19.4 Å². The summed E-state index contributed by atoms with van der Waals surface area (Å²) in [5.74, 6) is -4.51. The Balaban J connectivity index is 2.54. The van der Waals surface area contributed by atoms with Crippen LogP contribution in [0.15, 0.2) is 18.2 Å². The summed E-state index contributed by atoms with van der Waals surface area (Å²) >= 11 is 0. The molecule has 110 valence electrons. The number of hydrogen-bond acceptors (Lipinski definition) is 3. The first-order valence-electron chi connectivity index (χ1n) is 6.17. The van der Waals surface area contributed by atoms with Crippen LogP contribution in [0, 0.1) is 11.6 Å². The van der Waals surface area contributed by atoms with Crippen LogP contribution in [0.1, 0.15) is 19.8 Å². The third-order valence-corrected chi connectivity index (χ3v) is 2.53. The van der Waals surface area contributed by atoms with Gasteiger partial charge in [-0.25, -0.2) is 8.78 Å². The number of halogens is 2. The van der Waals surface area contributed by atoms with Crippen molar-refractivity contribution >= 4 is 17.5 Å². The van der Waals surface area contributed by atoms with E-state index in [1.165, 1.54) is 6.07 Å². The number of aliphatic hydroxyl groups is 1. The fraction of sp³-hybridized carbons (Fsp3) is 0.385. The van der Waals surface area contributed by atoms with Crippen LogP contribution in [0.25, 0.3) is 0 Å². The molecule has 1 aromatic carbocycles. The number of rotatable bonds is 5. The first kappa shape index (κ1) is 16.0. The Bertz CT molecular complexity index is 495. The number of benzene rings is 1. The SMILES string of the molecule is CCCC(O)CNC(=O)C(=O)Nc1cccc(F)c1F. The van der Waals surface area contributed by atoms with E-state index in [9.17, 15) is 23.5 Å². The molecule has 0 aliphatic heterocycles. The monoisotopic (exact) mass is 286 g/mol. The van der Waals surface area contributed by atoms with E-state index in [-0.39, 0.29) is 6.54 Å². The first-order chi connectivity index (χ1) is 9.45. The number of aliphatic hydroxyl groups excluding tert-OH is 1. The second-order valence-electron chi connectivity index (χ2n) is 4.21. The van der Waals surface area contributed by atoms with E-state index in [2.05, 4.69) is 5.32 Å². The molecule has 20 heavy (non-hydrogen) atoms. The molecule has 1 atom stereocenters. The van der Waals surface area contributed by atoms with Gasteiger partial charge in [-0.15, -0.1) is 0 Å². The lowest BCUT2D eigenvalue weighted by Gasteiger charge is -2.11. The maximum atomic E-state index is 13.3. The fourth-order valence-corrected chi connectivity index (χ4v) is 1.51. The summed E-state index contributed by atoms with van der Waals surface area (Å²) in [5.41, 5.74) is -0.417. The van der Waals surface area contributed by atoms with Crippen molar-refractivity contribution in [3.8, 4) is 0 Å².